The van der Waals surface area contributed by atoms with Gasteiger partial charge in [-0.25, -0.2) is 0 Å². The standard InChI is InChI=1S/C15H26N4O/c1-3-18-10-9-17(11-13(18)2)7-4-8-19-12-14(16)5-6-15(19)20/h5-6,12-13H,3-4,7-11,16H2,1-2H3. The molecule has 20 heavy (non-hydrogen) atoms. The molecule has 5 heteroatoms. The Bertz CT molecular complexity index is 485. The van der Waals surface area contributed by atoms with Crippen molar-refractivity contribution in [3.8, 4) is 0 Å². The van der Waals surface area contributed by atoms with Crippen molar-refractivity contribution in [1.29, 1.82) is 0 Å². The fraction of sp³-hybridized carbons (Fsp3) is 0.667. The summed E-state index contributed by atoms with van der Waals surface area (Å²) in [5, 5.41) is 0. The fourth-order valence-electron chi connectivity index (χ4n) is 2.93. The summed E-state index contributed by atoms with van der Waals surface area (Å²) in [6, 6.07) is 3.82. The Morgan fingerprint density at radius 2 is 2.10 bits per heavy atom. The summed E-state index contributed by atoms with van der Waals surface area (Å²) >= 11 is 0. The van der Waals surface area contributed by atoms with Crippen LogP contribution >= 0.6 is 0 Å². The first kappa shape index (κ1) is 15.1. The van der Waals surface area contributed by atoms with E-state index < -0.39 is 0 Å². The number of hydrogen-bond acceptors (Lipinski definition) is 4. The molecule has 2 N–H and O–H groups in total. The molecule has 0 aliphatic carbocycles. The molecule has 1 fully saturated rings. The molecule has 0 amide bonds. The zero-order valence-corrected chi connectivity index (χ0v) is 12.6. The second kappa shape index (κ2) is 6.90. The van der Waals surface area contributed by atoms with Crippen LogP contribution in [0, 0.1) is 0 Å². The lowest BCUT2D eigenvalue weighted by Gasteiger charge is -2.39. The maximum absolute atomic E-state index is 11.7. The molecule has 2 rings (SSSR count). The smallest absolute Gasteiger partial charge is 0.250 e. The number of rotatable bonds is 5. The molecule has 1 aliphatic rings. The van der Waals surface area contributed by atoms with Crippen molar-refractivity contribution >= 4 is 5.69 Å². The van der Waals surface area contributed by atoms with Gasteiger partial charge in [0.25, 0.3) is 5.56 Å². The molecular weight excluding hydrogens is 252 g/mol. The minimum Gasteiger partial charge on any atom is -0.398 e. The van der Waals surface area contributed by atoms with Gasteiger partial charge in [-0.05, 0) is 32.5 Å². The van der Waals surface area contributed by atoms with Crippen LogP contribution in [-0.4, -0.2) is 53.1 Å². The van der Waals surface area contributed by atoms with Gasteiger partial charge in [0, 0.05) is 50.2 Å². The summed E-state index contributed by atoms with van der Waals surface area (Å²) in [6.45, 7) is 10.8. The van der Waals surface area contributed by atoms with Gasteiger partial charge in [0.2, 0.25) is 0 Å². The Labute approximate surface area is 121 Å². The van der Waals surface area contributed by atoms with Crippen LogP contribution in [0.25, 0.3) is 0 Å². The lowest BCUT2D eigenvalue weighted by molar-refractivity contribution is 0.0865. The van der Waals surface area contributed by atoms with Gasteiger partial charge in [0.1, 0.15) is 0 Å². The maximum atomic E-state index is 11.7. The van der Waals surface area contributed by atoms with Crippen LogP contribution in [0.4, 0.5) is 5.69 Å². The number of nitrogens with zero attached hydrogens (tertiary/aromatic N) is 3. The molecule has 2 heterocycles. The predicted octanol–water partition coefficient (Wildman–Crippen LogP) is 0.847. The number of piperazine rings is 1. The van der Waals surface area contributed by atoms with Crippen molar-refractivity contribution in [2.24, 2.45) is 0 Å². The normalized spacial score (nSPS) is 21.2. The van der Waals surface area contributed by atoms with E-state index in [9.17, 15) is 4.79 Å². The second-order valence-corrected chi connectivity index (χ2v) is 5.63. The highest BCUT2D eigenvalue weighted by atomic mass is 16.1. The van der Waals surface area contributed by atoms with E-state index in [0.29, 0.717) is 11.7 Å². The van der Waals surface area contributed by atoms with Crippen LogP contribution in [-0.2, 0) is 6.54 Å². The molecule has 1 unspecified atom stereocenters. The summed E-state index contributed by atoms with van der Waals surface area (Å²) in [6.07, 6.45) is 2.72. The highest BCUT2D eigenvalue weighted by Crippen LogP contribution is 2.09. The van der Waals surface area contributed by atoms with Crippen LogP contribution in [0.3, 0.4) is 0 Å². The number of pyridine rings is 1. The van der Waals surface area contributed by atoms with E-state index in [1.165, 1.54) is 6.07 Å². The Hall–Kier alpha value is -1.33. The minimum absolute atomic E-state index is 0.0309. The van der Waals surface area contributed by atoms with Gasteiger partial charge >= 0.3 is 0 Å². The zero-order valence-electron chi connectivity index (χ0n) is 12.6. The molecule has 1 aromatic rings. The van der Waals surface area contributed by atoms with Crippen LogP contribution in [0.1, 0.15) is 20.3 Å². The predicted molar refractivity (Wildman–Crippen MR) is 82.9 cm³/mol. The summed E-state index contributed by atoms with van der Waals surface area (Å²) in [5.74, 6) is 0. The van der Waals surface area contributed by atoms with E-state index in [1.54, 1.807) is 16.8 Å². The largest absolute Gasteiger partial charge is 0.398 e. The number of hydrogen-bond donors (Lipinski definition) is 1. The van der Waals surface area contributed by atoms with Crippen molar-refractivity contribution in [2.75, 3.05) is 38.5 Å². The van der Waals surface area contributed by atoms with Crippen molar-refractivity contribution in [1.82, 2.24) is 14.4 Å². The lowest BCUT2D eigenvalue weighted by Crippen LogP contribution is -2.51. The van der Waals surface area contributed by atoms with Crippen LogP contribution in [0.2, 0.25) is 0 Å². The lowest BCUT2D eigenvalue weighted by atomic mass is 10.2. The highest BCUT2D eigenvalue weighted by Gasteiger charge is 2.21. The number of nitrogen functional groups attached to an aromatic ring is 1. The fourth-order valence-corrected chi connectivity index (χ4v) is 2.93. The van der Waals surface area contributed by atoms with Gasteiger partial charge in [0.15, 0.2) is 0 Å². The van der Waals surface area contributed by atoms with Crippen LogP contribution in [0.5, 0.6) is 0 Å². The Kier molecular flexibility index (Phi) is 5.20. The van der Waals surface area contributed by atoms with E-state index in [4.69, 9.17) is 5.73 Å². The average Bonchev–Trinajstić information content (AvgIpc) is 2.43. The zero-order chi connectivity index (χ0) is 14.5. The van der Waals surface area contributed by atoms with Crippen molar-refractivity contribution in [3.05, 3.63) is 28.7 Å². The van der Waals surface area contributed by atoms with E-state index in [0.717, 1.165) is 45.7 Å². The third-order valence-corrected chi connectivity index (χ3v) is 4.14. The van der Waals surface area contributed by atoms with Gasteiger partial charge in [-0.3, -0.25) is 9.69 Å². The van der Waals surface area contributed by atoms with E-state index in [1.807, 2.05) is 0 Å². The average molecular weight is 278 g/mol. The van der Waals surface area contributed by atoms with Gasteiger partial charge in [-0.1, -0.05) is 6.92 Å². The van der Waals surface area contributed by atoms with E-state index in [-0.39, 0.29) is 5.56 Å². The molecule has 0 bridgehead atoms. The maximum Gasteiger partial charge on any atom is 0.250 e. The Morgan fingerprint density at radius 3 is 2.80 bits per heavy atom. The van der Waals surface area contributed by atoms with E-state index >= 15 is 0 Å². The molecule has 0 spiro atoms. The SMILES string of the molecule is CCN1CCN(CCCn2cc(N)ccc2=O)CC1C. The van der Waals surface area contributed by atoms with Crippen molar-refractivity contribution in [3.63, 3.8) is 0 Å². The minimum atomic E-state index is 0.0309. The third kappa shape index (κ3) is 3.84. The van der Waals surface area contributed by atoms with Gasteiger partial charge < -0.3 is 15.2 Å². The second-order valence-electron chi connectivity index (χ2n) is 5.63. The molecule has 0 radical (unpaired) electrons. The first-order valence-corrected chi connectivity index (χ1v) is 7.52. The van der Waals surface area contributed by atoms with Crippen LogP contribution in [0.15, 0.2) is 23.1 Å². The summed E-state index contributed by atoms with van der Waals surface area (Å²) in [7, 11) is 0. The Morgan fingerprint density at radius 1 is 1.30 bits per heavy atom. The number of nitrogens with two attached hydrogens (primary N) is 1. The summed E-state index contributed by atoms with van der Waals surface area (Å²) in [5.41, 5.74) is 6.39. The highest BCUT2D eigenvalue weighted by molar-refractivity contribution is 5.33. The monoisotopic (exact) mass is 278 g/mol. The van der Waals surface area contributed by atoms with E-state index in [2.05, 4.69) is 23.6 Å². The first-order valence-electron chi connectivity index (χ1n) is 7.52. The number of likely N-dealkylation sites (N-methyl/N-ethyl adjacent to an activating group) is 1. The Balaban J connectivity index is 1.79. The molecule has 1 saturated heterocycles. The third-order valence-electron chi connectivity index (χ3n) is 4.14. The first-order chi connectivity index (χ1) is 9.60. The molecule has 5 nitrogen and oxygen atoms in total. The van der Waals surface area contributed by atoms with Crippen molar-refractivity contribution in [2.45, 2.75) is 32.9 Å². The van der Waals surface area contributed by atoms with Crippen LogP contribution < -0.4 is 11.3 Å². The summed E-state index contributed by atoms with van der Waals surface area (Å²) in [4.78, 5) is 16.7. The van der Waals surface area contributed by atoms with Gasteiger partial charge in [-0.2, -0.15) is 0 Å². The number of anilines is 1. The summed E-state index contributed by atoms with van der Waals surface area (Å²) < 4.78 is 1.71. The van der Waals surface area contributed by atoms with Gasteiger partial charge in [-0.15, -0.1) is 0 Å². The molecular formula is C15H26N4O. The number of aromatic nitrogens is 1. The molecule has 0 saturated carbocycles. The topological polar surface area (TPSA) is 54.5 Å². The quantitative estimate of drug-likeness (QED) is 0.867. The molecule has 1 aliphatic heterocycles. The van der Waals surface area contributed by atoms with Crippen molar-refractivity contribution < 1.29 is 0 Å². The molecule has 1 atom stereocenters. The molecule has 0 aromatic carbocycles. The molecule has 1 aromatic heterocycles. The molecule has 112 valence electrons. The number of aryl methyl sites for hydroxylation is 1. The van der Waals surface area contributed by atoms with Gasteiger partial charge in [0.05, 0.1) is 0 Å².